The average molecular weight is 333 g/mol. The van der Waals surface area contributed by atoms with Gasteiger partial charge in [0.15, 0.2) is 0 Å². The summed E-state index contributed by atoms with van der Waals surface area (Å²) in [7, 11) is 0. The zero-order valence-corrected chi connectivity index (χ0v) is 12.5. The molecule has 1 fully saturated rings. The number of pyridine rings is 2. The van der Waals surface area contributed by atoms with E-state index in [1.165, 1.54) is 18.3 Å². The number of rotatable bonds is 2. The molecule has 0 unspecified atom stereocenters. The highest BCUT2D eigenvalue weighted by molar-refractivity contribution is 5.89. The molecular weight excluding hydrogens is 317 g/mol. The van der Waals surface area contributed by atoms with Crippen molar-refractivity contribution in [2.24, 2.45) is 0 Å². The summed E-state index contributed by atoms with van der Waals surface area (Å²) in [5.41, 5.74) is -0.578. The SMILES string of the molecule is Cl.FC(F)(F)c1ccc2c(NC3CCNCC3)nccc2n1. The first kappa shape index (κ1) is 16.8. The quantitative estimate of drug-likeness (QED) is 0.886. The Labute approximate surface area is 131 Å². The van der Waals surface area contributed by atoms with Gasteiger partial charge in [-0.25, -0.2) is 9.97 Å². The second-order valence-electron chi connectivity index (χ2n) is 5.09. The van der Waals surface area contributed by atoms with Gasteiger partial charge in [-0.05, 0) is 44.1 Å². The Morgan fingerprint density at radius 1 is 1.14 bits per heavy atom. The number of hydrogen-bond acceptors (Lipinski definition) is 4. The van der Waals surface area contributed by atoms with E-state index >= 15 is 0 Å². The van der Waals surface area contributed by atoms with E-state index in [4.69, 9.17) is 0 Å². The zero-order valence-electron chi connectivity index (χ0n) is 11.7. The highest BCUT2D eigenvalue weighted by Gasteiger charge is 2.32. The third kappa shape index (κ3) is 3.59. The molecule has 3 heterocycles. The summed E-state index contributed by atoms with van der Waals surface area (Å²) < 4.78 is 38.1. The number of anilines is 1. The molecule has 2 aromatic heterocycles. The number of piperidine rings is 1. The lowest BCUT2D eigenvalue weighted by Gasteiger charge is -2.24. The predicted octanol–water partition coefficient (Wildman–Crippen LogP) is 3.23. The molecule has 0 aromatic carbocycles. The second-order valence-corrected chi connectivity index (χ2v) is 5.09. The van der Waals surface area contributed by atoms with E-state index < -0.39 is 11.9 Å². The fourth-order valence-corrected chi connectivity index (χ4v) is 2.49. The summed E-state index contributed by atoms with van der Waals surface area (Å²) in [5, 5.41) is 7.19. The number of fused-ring (bicyclic) bond motifs is 1. The van der Waals surface area contributed by atoms with Crippen LogP contribution in [0.15, 0.2) is 24.4 Å². The van der Waals surface area contributed by atoms with E-state index in [1.54, 1.807) is 0 Å². The van der Waals surface area contributed by atoms with Crippen molar-refractivity contribution in [3.8, 4) is 0 Å². The number of hydrogen-bond donors (Lipinski definition) is 2. The maximum Gasteiger partial charge on any atom is 0.433 e. The molecule has 0 radical (unpaired) electrons. The van der Waals surface area contributed by atoms with Crippen molar-refractivity contribution in [2.45, 2.75) is 25.1 Å². The Kier molecular flexibility index (Phi) is 5.08. The molecule has 1 aliphatic rings. The summed E-state index contributed by atoms with van der Waals surface area (Å²) in [5.74, 6) is 0.598. The van der Waals surface area contributed by atoms with Crippen LogP contribution in [0.4, 0.5) is 19.0 Å². The Hall–Kier alpha value is -1.60. The molecule has 0 atom stereocenters. The number of halogens is 4. The van der Waals surface area contributed by atoms with Gasteiger partial charge in [-0.1, -0.05) is 0 Å². The van der Waals surface area contributed by atoms with Crippen LogP contribution in [-0.2, 0) is 6.18 Å². The number of alkyl halides is 3. The average Bonchev–Trinajstić information content (AvgIpc) is 2.47. The summed E-state index contributed by atoms with van der Waals surface area (Å²) in [6.07, 6.45) is -1.02. The Balaban J connectivity index is 0.00000176. The van der Waals surface area contributed by atoms with E-state index in [0.29, 0.717) is 16.7 Å². The smallest absolute Gasteiger partial charge is 0.367 e. The second kappa shape index (κ2) is 6.66. The van der Waals surface area contributed by atoms with Crippen LogP contribution in [0.25, 0.3) is 10.9 Å². The molecule has 120 valence electrons. The standard InChI is InChI=1S/C14H15F3N4.ClH/c15-14(16,17)12-2-1-10-11(21-12)5-8-19-13(10)20-9-3-6-18-7-4-9;/h1-2,5,8-9,18H,3-4,6-7H2,(H,19,20);1H. The molecule has 1 saturated heterocycles. The normalized spacial score (nSPS) is 16.3. The third-order valence-electron chi connectivity index (χ3n) is 3.59. The van der Waals surface area contributed by atoms with Crippen molar-refractivity contribution in [1.82, 2.24) is 15.3 Å². The third-order valence-corrected chi connectivity index (χ3v) is 3.59. The van der Waals surface area contributed by atoms with E-state index in [0.717, 1.165) is 32.0 Å². The fraction of sp³-hybridized carbons (Fsp3) is 0.429. The molecule has 8 heteroatoms. The Bertz CT molecular complexity index is 642. The maximum absolute atomic E-state index is 12.7. The van der Waals surface area contributed by atoms with Gasteiger partial charge in [0.2, 0.25) is 0 Å². The summed E-state index contributed by atoms with van der Waals surface area (Å²) in [6, 6.07) is 4.21. The lowest BCUT2D eigenvalue weighted by Crippen LogP contribution is -2.35. The first-order valence-corrected chi connectivity index (χ1v) is 6.84. The van der Waals surface area contributed by atoms with Gasteiger partial charge in [-0.2, -0.15) is 13.2 Å². The minimum Gasteiger partial charge on any atom is -0.367 e. The van der Waals surface area contributed by atoms with Gasteiger partial charge in [-0.3, -0.25) is 0 Å². The summed E-state index contributed by atoms with van der Waals surface area (Å²) in [6.45, 7) is 1.86. The lowest BCUT2D eigenvalue weighted by molar-refractivity contribution is -0.140. The molecule has 2 aromatic rings. The number of nitrogens with zero attached hydrogens (tertiary/aromatic N) is 2. The van der Waals surface area contributed by atoms with Crippen LogP contribution in [-0.4, -0.2) is 29.1 Å². The van der Waals surface area contributed by atoms with Gasteiger partial charge < -0.3 is 10.6 Å². The van der Waals surface area contributed by atoms with Crippen LogP contribution in [0.5, 0.6) is 0 Å². The molecule has 0 spiro atoms. The van der Waals surface area contributed by atoms with Crippen molar-refractivity contribution >= 4 is 29.1 Å². The van der Waals surface area contributed by atoms with Crippen LogP contribution >= 0.6 is 12.4 Å². The first-order chi connectivity index (χ1) is 10.0. The topological polar surface area (TPSA) is 49.8 Å². The number of aromatic nitrogens is 2. The summed E-state index contributed by atoms with van der Waals surface area (Å²) >= 11 is 0. The summed E-state index contributed by atoms with van der Waals surface area (Å²) in [4.78, 5) is 7.92. The van der Waals surface area contributed by atoms with Crippen LogP contribution in [0.1, 0.15) is 18.5 Å². The first-order valence-electron chi connectivity index (χ1n) is 6.84. The number of nitrogens with one attached hydrogen (secondary N) is 2. The van der Waals surface area contributed by atoms with Gasteiger partial charge >= 0.3 is 6.18 Å². The van der Waals surface area contributed by atoms with Crippen LogP contribution in [0.3, 0.4) is 0 Å². The minimum absolute atomic E-state index is 0. The van der Waals surface area contributed by atoms with Crippen molar-refractivity contribution in [1.29, 1.82) is 0 Å². The fourth-order valence-electron chi connectivity index (χ4n) is 2.49. The molecule has 0 amide bonds. The van der Waals surface area contributed by atoms with Gasteiger partial charge in [0, 0.05) is 17.6 Å². The minimum atomic E-state index is -4.43. The lowest BCUT2D eigenvalue weighted by atomic mass is 10.1. The van der Waals surface area contributed by atoms with E-state index in [1.807, 2.05) is 0 Å². The van der Waals surface area contributed by atoms with Gasteiger partial charge in [0.05, 0.1) is 5.52 Å². The molecule has 3 rings (SSSR count). The van der Waals surface area contributed by atoms with Crippen molar-refractivity contribution in [3.63, 3.8) is 0 Å². The Morgan fingerprint density at radius 3 is 2.55 bits per heavy atom. The Morgan fingerprint density at radius 2 is 1.86 bits per heavy atom. The van der Waals surface area contributed by atoms with Crippen LogP contribution < -0.4 is 10.6 Å². The highest BCUT2D eigenvalue weighted by Crippen LogP contribution is 2.30. The zero-order chi connectivity index (χ0) is 14.9. The maximum atomic E-state index is 12.7. The van der Waals surface area contributed by atoms with E-state index in [9.17, 15) is 13.2 Å². The van der Waals surface area contributed by atoms with Crippen molar-refractivity contribution in [3.05, 3.63) is 30.1 Å². The molecule has 1 aliphatic heterocycles. The van der Waals surface area contributed by atoms with E-state index in [-0.39, 0.29) is 18.4 Å². The van der Waals surface area contributed by atoms with Gasteiger partial charge in [0.1, 0.15) is 11.5 Å². The largest absolute Gasteiger partial charge is 0.433 e. The van der Waals surface area contributed by atoms with Gasteiger partial charge in [-0.15, -0.1) is 12.4 Å². The molecule has 2 N–H and O–H groups in total. The van der Waals surface area contributed by atoms with Crippen LogP contribution in [0.2, 0.25) is 0 Å². The molecule has 0 bridgehead atoms. The monoisotopic (exact) mass is 332 g/mol. The van der Waals surface area contributed by atoms with Crippen molar-refractivity contribution in [2.75, 3.05) is 18.4 Å². The highest BCUT2D eigenvalue weighted by atomic mass is 35.5. The van der Waals surface area contributed by atoms with Gasteiger partial charge in [0.25, 0.3) is 0 Å². The molecular formula is C14H16ClF3N4. The van der Waals surface area contributed by atoms with Crippen LogP contribution in [0, 0.1) is 0 Å². The molecule has 0 aliphatic carbocycles. The predicted molar refractivity (Wildman–Crippen MR) is 81.3 cm³/mol. The molecule has 22 heavy (non-hydrogen) atoms. The van der Waals surface area contributed by atoms with E-state index in [2.05, 4.69) is 20.6 Å². The molecule has 4 nitrogen and oxygen atoms in total. The van der Waals surface area contributed by atoms with Crippen molar-refractivity contribution < 1.29 is 13.2 Å². The molecule has 0 saturated carbocycles.